The highest BCUT2D eigenvalue weighted by Crippen LogP contribution is 2.45. The van der Waals surface area contributed by atoms with Crippen molar-refractivity contribution >= 4 is 45.0 Å². The first-order valence-electron chi connectivity index (χ1n) is 12.1. The number of carbonyl (C=O) groups is 2. The van der Waals surface area contributed by atoms with Crippen molar-refractivity contribution in [2.24, 2.45) is 5.92 Å². The molecule has 35 heavy (non-hydrogen) atoms. The number of aromatic nitrogens is 1. The Hall–Kier alpha value is -2.68. The molecule has 6 rings (SSSR count). The zero-order chi connectivity index (χ0) is 24.1. The molecule has 3 aliphatic heterocycles. The number of rotatable bonds is 4. The number of carbonyl (C=O) groups excluding carboxylic acids is 2. The number of ether oxygens (including phenoxy) is 1. The van der Waals surface area contributed by atoms with Crippen molar-refractivity contribution in [2.45, 2.75) is 32.4 Å². The highest BCUT2D eigenvalue weighted by molar-refractivity contribution is 7.19. The molecule has 5 heterocycles. The normalized spacial score (nSPS) is 22.1. The molecule has 182 valence electrons. The molecule has 2 atom stereocenters. The van der Waals surface area contributed by atoms with Crippen LogP contribution in [0.2, 0.25) is 5.02 Å². The predicted molar refractivity (Wildman–Crippen MR) is 137 cm³/mol. The highest BCUT2D eigenvalue weighted by atomic mass is 35.5. The van der Waals surface area contributed by atoms with E-state index in [9.17, 15) is 9.59 Å². The Labute approximate surface area is 213 Å². The third kappa shape index (κ3) is 4.28. The molecule has 0 bridgehead atoms. The fraction of sp³-hybridized carbons (Fsp3) is 0.423. The minimum Gasteiger partial charge on any atom is -0.479 e. The van der Waals surface area contributed by atoms with E-state index in [1.165, 1.54) is 0 Å². The fourth-order valence-corrected chi connectivity index (χ4v) is 6.74. The molecule has 1 N–H and O–H groups in total. The molecule has 0 radical (unpaired) electrons. The van der Waals surface area contributed by atoms with Gasteiger partial charge < -0.3 is 19.9 Å². The van der Waals surface area contributed by atoms with Crippen LogP contribution in [0.4, 0.5) is 0 Å². The topological polar surface area (TPSA) is 74.8 Å². The Balaban J connectivity index is 1.32. The van der Waals surface area contributed by atoms with Gasteiger partial charge in [-0.25, -0.2) is 0 Å². The summed E-state index contributed by atoms with van der Waals surface area (Å²) in [5, 5.41) is 3.90. The largest absolute Gasteiger partial charge is 0.479 e. The maximum absolute atomic E-state index is 13.1. The second-order valence-electron chi connectivity index (χ2n) is 9.70. The highest BCUT2D eigenvalue weighted by Gasteiger charge is 2.35. The molecule has 2 aromatic heterocycles. The maximum Gasteiger partial charge on any atom is 0.264 e. The van der Waals surface area contributed by atoms with E-state index in [1.807, 2.05) is 28.0 Å². The number of benzene rings is 1. The first-order chi connectivity index (χ1) is 17.0. The van der Waals surface area contributed by atoms with Crippen LogP contribution in [-0.4, -0.2) is 65.4 Å². The van der Waals surface area contributed by atoms with Crippen LogP contribution in [0.15, 0.2) is 30.5 Å². The van der Waals surface area contributed by atoms with Gasteiger partial charge in [0.05, 0.1) is 16.8 Å². The van der Waals surface area contributed by atoms with Crippen molar-refractivity contribution < 1.29 is 14.3 Å². The summed E-state index contributed by atoms with van der Waals surface area (Å²) in [5.41, 5.74) is 3.72. The van der Waals surface area contributed by atoms with Crippen molar-refractivity contribution in [3.05, 3.63) is 45.9 Å². The molecule has 7 nitrogen and oxygen atoms in total. The number of thiophene rings is 1. The molecule has 1 aromatic carbocycles. The van der Waals surface area contributed by atoms with E-state index >= 15 is 0 Å². The summed E-state index contributed by atoms with van der Waals surface area (Å²) in [7, 11) is 0. The summed E-state index contributed by atoms with van der Waals surface area (Å²) >= 11 is 8.19. The van der Waals surface area contributed by atoms with Gasteiger partial charge in [-0.1, -0.05) is 18.5 Å². The van der Waals surface area contributed by atoms with Gasteiger partial charge >= 0.3 is 0 Å². The van der Waals surface area contributed by atoms with Crippen molar-refractivity contribution in [1.29, 1.82) is 0 Å². The van der Waals surface area contributed by atoms with Gasteiger partial charge in [-0.05, 0) is 30.2 Å². The average molecular weight is 511 g/mol. The minimum atomic E-state index is -0.528. The monoisotopic (exact) mass is 510 g/mol. The van der Waals surface area contributed by atoms with Gasteiger partial charge in [0, 0.05) is 78.4 Å². The Morgan fingerprint density at radius 1 is 1.23 bits per heavy atom. The van der Waals surface area contributed by atoms with Gasteiger partial charge in [0.1, 0.15) is 5.75 Å². The van der Waals surface area contributed by atoms with Crippen LogP contribution in [0.3, 0.4) is 0 Å². The number of nitrogens with zero attached hydrogens (tertiary/aromatic N) is 3. The van der Waals surface area contributed by atoms with E-state index in [4.69, 9.17) is 16.3 Å². The van der Waals surface area contributed by atoms with Crippen molar-refractivity contribution in [1.82, 2.24) is 20.1 Å². The molecule has 3 aliphatic rings. The number of nitrogens with one attached hydrogen (secondary N) is 1. The molecular formula is C26H27ClN4O3S. The van der Waals surface area contributed by atoms with Gasteiger partial charge in [-0.3, -0.25) is 14.6 Å². The number of amides is 2. The molecule has 0 aliphatic carbocycles. The number of hydrogen-bond acceptors (Lipinski definition) is 6. The Kier molecular flexibility index (Phi) is 5.90. The molecular weight excluding hydrogens is 484 g/mol. The lowest BCUT2D eigenvalue weighted by atomic mass is 10.0. The standard InChI is InChI=1S/C26H27ClN4O3S/c1-15-8-23(32)31(13-15)14-18-12-21-25(35-18)19(2-3-29-21)20-11-17(27)9-16-10-22(34-24(16)20)26(33)30-6-4-28-5-7-30/h2-3,9,11-12,15,22,28H,4-8,10,13-14H2,1H3. The number of fused-ring (bicyclic) bond motifs is 2. The lowest BCUT2D eigenvalue weighted by Gasteiger charge is -2.29. The smallest absolute Gasteiger partial charge is 0.264 e. The summed E-state index contributed by atoms with van der Waals surface area (Å²) in [6, 6.07) is 7.87. The van der Waals surface area contributed by atoms with E-state index in [2.05, 4.69) is 23.3 Å². The molecule has 2 saturated heterocycles. The molecule has 9 heteroatoms. The second kappa shape index (κ2) is 9.08. The summed E-state index contributed by atoms with van der Waals surface area (Å²) in [4.78, 5) is 34.9. The van der Waals surface area contributed by atoms with Crippen molar-refractivity contribution in [2.75, 3.05) is 32.7 Å². The molecule has 2 unspecified atom stereocenters. The summed E-state index contributed by atoms with van der Waals surface area (Å²) in [5.74, 6) is 1.37. The molecule has 2 fully saturated rings. The minimum absolute atomic E-state index is 0.0348. The summed E-state index contributed by atoms with van der Waals surface area (Å²) in [6.45, 7) is 6.52. The maximum atomic E-state index is 13.1. The zero-order valence-corrected chi connectivity index (χ0v) is 21.1. The van der Waals surface area contributed by atoms with Crippen LogP contribution < -0.4 is 10.1 Å². The number of piperazine rings is 1. The number of halogens is 1. The third-order valence-corrected chi connectivity index (χ3v) is 8.37. The fourth-order valence-electron chi connectivity index (χ4n) is 5.34. The SMILES string of the molecule is CC1CC(=O)N(Cc2cc3nccc(-c4cc(Cl)cc5c4OC(C(=O)N4CCNCC4)C5)c3s2)C1. The van der Waals surface area contributed by atoms with Gasteiger partial charge in [0.15, 0.2) is 6.10 Å². The van der Waals surface area contributed by atoms with Gasteiger partial charge in [0.2, 0.25) is 5.91 Å². The van der Waals surface area contributed by atoms with Crippen LogP contribution in [0, 0.1) is 5.92 Å². The predicted octanol–water partition coefficient (Wildman–Crippen LogP) is 3.72. The van der Waals surface area contributed by atoms with Gasteiger partial charge in [-0.15, -0.1) is 11.3 Å². The Morgan fingerprint density at radius 2 is 2.06 bits per heavy atom. The van der Waals surface area contributed by atoms with Crippen molar-refractivity contribution in [3.63, 3.8) is 0 Å². The zero-order valence-electron chi connectivity index (χ0n) is 19.6. The lowest BCUT2D eigenvalue weighted by Crippen LogP contribution is -2.50. The number of likely N-dealkylation sites (tertiary alicyclic amines) is 1. The third-order valence-electron chi connectivity index (χ3n) is 7.01. The Morgan fingerprint density at radius 3 is 2.83 bits per heavy atom. The van der Waals surface area contributed by atoms with Crippen molar-refractivity contribution in [3.8, 4) is 16.9 Å². The quantitative estimate of drug-likeness (QED) is 0.579. The van der Waals surface area contributed by atoms with E-state index < -0.39 is 6.10 Å². The van der Waals surface area contributed by atoms with Gasteiger partial charge in [0.25, 0.3) is 5.91 Å². The van der Waals surface area contributed by atoms with Crippen LogP contribution in [-0.2, 0) is 22.6 Å². The van der Waals surface area contributed by atoms with Crippen LogP contribution in [0.5, 0.6) is 5.75 Å². The number of hydrogen-bond donors (Lipinski definition) is 1. The van der Waals surface area contributed by atoms with Crippen LogP contribution in [0.25, 0.3) is 21.3 Å². The first-order valence-corrected chi connectivity index (χ1v) is 13.3. The Bertz CT molecular complexity index is 1320. The molecule has 0 spiro atoms. The second-order valence-corrected chi connectivity index (χ2v) is 11.3. The summed E-state index contributed by atoms with van der Waals surface area (Å²) < 4.78 is 7.35. The summed E-state index contributed by atoms with van der Waals surface area (Å²) in [6.07, 6.45) is 2.40. The van der Waals surface area contributed by atoms with E-state index in [0.29, 0.717) is 43.4 Å². The van der Waals surface area contributed by atoms with E-state index in [0.717, 1.165) is 57.2 Å². The lowest BCUT2D eigenvalue weighted by molar-refractivity contribution is -0.138. The molecule has 0 saturated carbocycles. The van der Waals surface area contributed by atoms with E-state index in [1.54, 1.807) is 17.5 Å². The average Bonchev–Trinajstić information content (AvgIpc) is 3.54. The van der Waals surface area contributed by atoms with Crippen LogP contribution >= 0.6 is 22.9 Å². The van der Waals surface area contributed by atoms with Gasteiger partial charge in [-0.2, -0.15) is 0 Å². The van der Waals surface area contributed by atoms with E-state index in [-0.39, 0.29) is 11.8 Å². The molecule has 2 amide bonds. The first kappa shape index (κ1) is 22.8. The molecule has 3 aromatic rings. The number of pyridine rings is 1. The van der Waals surface area contributed by atoms with Crippen LogP contribution in [0.1, 0.15) is 23.8 Å².